The van der Waals surface area contributed by atoms with E-state index in [1.54, 1.807) is 30.3 Å². The molecular weight excluding hydrogens is 204 g/mol. The number of aldehydes is 1. The Bertz CT molecular complexity index is 419. The predicted octanol–water partition coefficient (Wildman–Crippen LogP) is 2.47. The van der Waals surface area contributed by atoms with Gasteiger partial charge in [0.25, 0.3) is 0 Å². The van der Waals surface area contributed by atoms with Crippen molar-refractivity contribution in [2.45, 2.75) is 13.3 Å². The summed E-state index contributed by atoms with van der Waals surface area (Å²) in [6.45, 7) is 1.92. The zero-order chi connectivity index (χ0) is 12.0. The number of methoxy groups -OCH3 is 1. The Labute approximate surface area is 94.7 Å². The van der Waals surface area contributed by atoms with Gasteiger partial charge in [0.05, 0.1) is 12.7 Å². The summed E-state index contributed by atoms with van der Waals surface area (Å²) < 4.78 is 4.70. The molecule has 0 aliphatic carbocycles. The highest BCUT2D eigenvalue weighted by atomic mass is 16.5. The van der Waals surface area contributed by atoms with Crippen LogP contribution < -0.4 is 0 Å². The van der Waals surface area contributed by atoms with Crippen LogP contribution in [0, 0.1) is 0 Å². The fourth-order valence-electron chi connectivity index (χ4n) is 1.46. The molecule has 0 N–H and O–H groups in total. The summed E-state index contributed by atoms with van der Waals surface area (Å²) in [5.74, 6) is -0.420. The Morgan fingerprint density at radius 2 is 2.06 bits per heavy atom. The van der Waals surface area contributed by atoms with Gasteiger partial charge >= 0.3 is 5.97 Å². The first-order chi connectivity index (χ1) is 7.74. The number of hydrogen-bond acceptors (Lipinski definition) is 3. The Kier molecular flexibility index (Phi) is 4.45. The molecule has 1 aromatic rings. The fraction of sp³-hybridized carbons (Fsp3) is 0.231. The third-order valence-corrected chi connectivity index (χ3v) is 2.19. The van der Waals surface area contributed by atoms with E-state index in [0.29, 0.717) is 23.1 Å². The minimum atomic E-state index is -0.420. The number of hydrogen-bond donors (Lipinski definition) is 0. The molecular formula is C13H14O3. The summed E-state index contributed by atoms with van der Waals surface area (Å²) in [7, 11) is 1.33. The number of benzene rings is 1. The van der Waals surface area contributed by atoms with Crippen molar-refractivity contribution in [1.82, 2.24) is 0 Å². The Morgan fingerprint density at radius 3 is 2.62 bits per heavy atom. The van der Waals surface area contributed by atoms with Crippen LogP contribution in [0.25, 0.3) is 5.57 Å². The van der Waals surface area contributed by atoms with E-state index >= 15 is 0 Å². The van der Waals surface area contributed by atoms with Crippen molar-refractivity contribution in [2.75, 3.05) is 7.11 Å². The molecule has 0 heterocycles. The van der Waals surface area contributed by atoms with Crippen molar-refractivity contribution in [1.29, 1.82) is 0 Å². The molecule has 1 rings (SSSR count). The highest BCUT2D eigenvalue weighted by Gasteiger charge is 2.14. The molecule has 3 heteroatoms. The second-order valence-corrected chi connectivity index (χ2v) is 3.22. The molecule has 0 spiro atoms. The molecule has 0 saturated heterocycles. The number of allylic oxidation sites excluding steroid dienone is 1. The largest absolute Gasteiger partial charge is 0.465 e. The Morgan fingerprint density at radius 1 is 1.38 bits per heavy atom. The van der Waals surface area contributed by atoms with E-state index in [2.05, 4.69) is 0 Å². The number of carbonyl (C=O) groups is 2. The molecule has 0 radical (unpaired) electrons. The fourth-order valence-corrected chi connectivity index (χ4v) is 1.46. The van der Waals surface area contributed by atoms with Gasteiger partial charge in [-0.05, 0) is 12.0 Å². The maximum atomic E-state index is 11.6. The van der Waals surface area contributed by atoms with Crippen molar-refractivity contribution < 1.29 is 14.3 Å². The predicted molar refractivity (Wildman–Crippen MR) is 62.1 cm³/mol. The topological polar surface area (TPSA) is 43.4 Å². The third kappa shape index (κ3) is 2.57. The first kappa shape index (κ1) is 12.2. The summed E-state index contributed by atoms with van der Waals surface area (Å²) in [5.41, 5.74) is 1.55. The molecule has 1 aromatic carbocycles. The van der Waals surface area contributed by atoms with Gasteiger partial charge in [0.1, 0.15) is 0 Å². The summed E-state index contributed by atoms with van der Waals surface area (Å²) in [6.07, 6.45) is 3.20. The first-order valence-corrected chi connectivity index (χ1v) is 5.07. The van der Waals surface area contributed by atoms with Crippen LogP contribution in [-0.4, -0.2) is 19.4 Å². The highest BCUT2D eigenvalue weighted by molar-refractivity contribution is 6.18. The molecule has 0 saturated carbocycles. The zero-order valence-corrected chi connectivity index (χ0v) is 9.40. The summed E-state index contributed by atoms with van der Waals surface area (Å²) in [4.78, 5) is 22.4. The number of carbonyl (C=O) groups excluding carboxylic acids is 2. The summed E-state index contributed by atoms with van der Waals surface area (Å²) in [6, 6.07) is 6.96. The number of ether oxygens (including phenoxy) is 1. The normalized spacial score (nSPS) is 11.0. The molecule has 0 aliphatic rings. The van der Waals surface area contributed by atoms with Crippen LogP contribution in [0.15, 0.2) is 30.3 Å². The van der Waals surface area contributed by atoms with E-state index in [-0.39, 0.29) is 0 Å². The average Bonchev–Trinajstić information content (AvgIpc) is 2.35. The third-order valence-electron chi connectivity index (χ3n) is 2.19. The molecule has 0 amide bonds. The van der Waals surface area contributed by atoms with E-state index in [9.17, 15) is 9.59 Å². The van der Waals surface area contributed by atoms with Crippen molar-refractivity contribution in [3.05, 3.63) is 41.5 Å². The van der Waals surface area contributed by atoms with Crippen LogP contribution in [0.5, 0.6) is 0 Å². The van der Waals surface area contributed by atoms with Gasteiger partial charge in [-0.25, -0.2) is 4.79 Å². The van der Waals surface area contributed by atoms with Gasteiger partial charge in [0.15, 0.2) is 6.29 Å². The molecule has 3 nitrogen and oxygen atoms in total. The zero-order valence-electron chi connectivity index (χ0n) is 9.40. The molecule has 0 unspecified atom stereocenters. The van der Waals surface area contributed by atoms with Crippen LogP contribution in [0.4, 0.5) is 0 Å². The quantitative estimate of drug-likeness (QED) is 0.443. The summed E-state index contributed by atoms with van der Waals surface area (Å²) >= 11 is 0. The minimum absolute atomic E-state index is 0.420. The maximum absolute atomic E-state index is 11.6. The van der Waals surface area contributed by atoms with Crippen LogP contribution in [-0.2, 0) is 9.53 Å². The van der Waals surface area contributed by atoms with Gasteiger partial charge in [-0.2, -0.15) is 0 Å². The lowest BCUT2D eigenvalue weighted by Gasteiger charge is -2.07. The second-order valence-electron chi connectivity index (χ2n) is 3.22. The standard InChI is InChI=1S/C13H14O3/c1-3-6-12(13(15)16-2)11-8-5-4-7-10(11)9-14/h4-9H,3H2,1-2H3/b12-6-. The van der Waals surface area contributed by atoms with Crippen molar-refractivity contribution >= 4 is 17.8 Å². The van der Waals surface area contributed by atoms with Gasteiger partial charge in [-0.15, -0.1) is 0 Å². The highest BCUT2D eigenvalue weighted by Crippen LogP contribution is 2.20. The SMILES string of the molecule is CC/C=C(\C(=O)OC)c1ccccc1C=O. The molecule has 0 aliphatic heterocycles. The molecule has 16 heavy (non-hydrogen) atoms. The molecule has 0 bridgehead atoms. The van der Waals surface area contributed by atoms with E-state index in [1.807, 2.05) is 6.92 Å². The van der Waals surface area contributed by atoms with Crippen LogP contribution in [0.2, 0.25) is 0 Å². The lowest BCUT2D eigenvalue weighted by molar-refractivity contribution is -0.133. The number of rotatable bonds is 4. The molecule has 0 atom stereocenters. The smallest absolute Gasteiger partial charge is 0.338 e. The van der Waals surface area contributed by atoms with Crippen molar-refractivity contribution in [3.8, 4) is 0 Å². The van der Waals surface area contributed by atoms with Gasteiger partial charge in [-0.3, -0.25) is 4.79 Å². The first-order valence-electron chi connectivity index (χ1n) is 5.07. The Balaban J connectivity index is 3.26. The van der Waals surface area contributed by atoms with Crippen LogP contribution >= 0.6 is 0 Å². The van der Waals surface area contributed by atoms with Crippen molar-refractivity contribution in [2.24, 2.45) is 0 Å². The summed E-state index contributed by atoms with van der Waals surface area (Å²) in [5, 5.41) is 0. The van der Waals surface area contributed by atoms with E-state index in [4.69, 9.17) is 4.74 Å². The molecule has 84 valence electrons. The minimum Gasteiger partial charge on any atom is -0.465 e. The van der Waals surface area contributed by atoms with E-state index in [0.717, 1.165) is 6.29 Å². The van der Waals surface area contributed by atoms with Gasteiger partial charge in [-0.1, -0.05) is 37.3 Å². The lowest BCUT2D eigenvalue weighted by Crippen LogP contribution is -2.06. The van der Waals surface area contributed by atoms with Gasteiger partial charge < -0.3 is 4.74 Å². The average molecular weight is 218 g/mol. The van der Waals surface area contributed by atoms with Crippen molar-refractivity contribution in [3.63, 3.8) is 0 Å². The monoisotopic (exact) mass is 218 g/mol. The molecule has 0 fully saturated rings. The van der Waals surface area contributed by atoms with Crippen LogP contribution in [0.1, 0.15) is 29.3 Å². The van der Waals surface area contributed by atoms with Gasteiger partial charge in [0.2, 0.25) is 0 Å². The van der Waals surface area contributed by atoms with E-state index < -0.39 is 5.97 Å². The van der Waals surface area contributed by atoms with E-state index in [1.165, 1.54) is 7.11 Å². The van der Waals surface area contributed by atoms with Crippen LogP contribution in [0.3, 0.4) is 0 Å². The Hall–Kier alpha value is -1.90. The van der Waals surface area contributed by atoms with Gasteiger partial charge in [0, 0.05) is 5.56 Å². The number of esters is 1. The second kappa shape index (κ2) is 5.85. The molecule has 0 aromatic heterocycles. The lowest BCUT2D eigenvalue weighted by atomic mass is 9.99. The maximum Gasteiger partial charge on any atom is 0.338 e.